The highest BCUT2D eigenvalue weighted by Gasteiger charge is 2.60. The molecule has 0 amide bonds. The average molecular weight is 268 g/mol. The summed E-state index contributed by atoms with van der Waals surface area (Å²) in [7, 11) is 1.44. The number of pyridine rings is 1. The van der Waals surface area contributed by atoms with Crippen LogP contribution in [0.3, 0.4) is 0 Å². The normalized spacial score (nSPS) is 30.0. The van der Waals surface area contributed by atoms with Crippen LogP contribution in [0.2, 0.25) is 0 Å². The van der Waals surface area contributed by atoms with Crippen molar-refractivity contribution in [2.45, 2.75) is 4.90 Å². The smallest absolute Gasteiger partial charge is 0.309 e. The highest BCUT2D eigenvalue weighted by atomic mass is 32.2. The van der Waals surface area contributed by atoms with Crippen molar-refractivity contribution in [3.05, 3.63) is 24.3 Å². The maximum Gasteiger partial charge on any atom is 0.309 e. The summed E-state index contributed by atoms with van der Waals surface area (Å²) in [6, 6.07) is 3.07. The molecule has 1 aliphatic carbocycles. The number of rotatable bonds is 3. The number of ether oxygens (including phenoxy) is 1. The molecule has 0 spiro atoms. The van der Waals surface area contributed by atoms with Gasteiger partial charge in [0.15, 0.2) is 0 Å². The first-order chi connectivity index (χ1) is 8.69. The van der Waals surface area contributed by atoms with Crippen molar-refractivity contribution in [2.24, 2.45) is 17.8 Å². The third kappa shape index (κ3) is 2.10. The fraction of sp³-hybridized carbons (Fsp3) is 0.500. The van der Waals surface area contributed by atoms with Crippen LogP contribution >= 0.6 is 11.9 Å². The maximum absolute atomic E-state index is 12.7. The molecule has 1 saturated carbocycles. The number of aromatic nitrogens is 1. The summed E-state index contributed by atoms with van der Waals surface area (Å²) in [5, 5.41) is 0. The second kappa shape index (κ2) is 4.51. The van der Waals surface area contributed by atoms with Crippen LogP contribution in [-0.4, -0.2) is 35.5 Å². The molecule has 96 valence electrons. The van der Waals surface area contributed by atoms with Crippen LogP contribution in [0.5, 0.6) is 0 Å². The summed E-state index contributed by atoms with van der Waals surface area (Å²) in [6.45, 7) is 1.76. The van der Waals surface area contributed by atoms with E-state index in [4.69, 9.17) is 4.74 Å². The van der Waals surface area contributed by atoms with Crippen LogP contribution in [0.4, 0.5) is 4.39 Å². The Balaban J connectivity index is 1.54. The molecular weight excluding hydrogens is 255 g/mol. The Kier molecular flexibility index (Phi) is 2.99. The van der Waals surface area contributed by atoms with E-state index in [1.165, 1.54) is 19.4 Å². The second-order valence-corrected chi connectivity index (χ2v) is 5.80. The highest BCUT2D eigenvalue weighted by molar-refractivity contribution is 7.97. The van der Waals surface area contributed by atoms with E-state index in [0.717, 1.165) is 18.0 Å². The van der Waals surface area contributed by atoms with Gasteiger partial charge < -0.3 is 4.74 Å². The van der Waals surface area contributed by atoms with Crippen molar-refractivity contribution in [1.82, 2.24) is 9.29 Å². The Morgan fingerprint density at radius 1 is 1.50 bits per heavy atom. The average Bonchev–Trinajstić information content (AvgIpc) is 2.88. The van der Waals surface area contributed by atoms with Gasteiger partial charge in [-0.1, -0.05) is 0 Å². The third-order valence-corrected chi connectivity index (χ3v) is 4.58. The molecule has 0 bridgehead atoms. The summed E-state index contributed by atoms with van der Waals surface area (Å²) >= 11 is 1.57. The predicted molar refractivity (Wildman–Crippen MR) is 64.1 cm³/mol. The van der Waals surface area contributed by atoms with E-state index in [1.54, 1.807) is 18.0 Å². The van der Waals surface area contributed by atoms with Gasteiger partial charge in [0.25, 0.3) is 0 Å². The lowest BCUT2D eigenvalue weighted by Gasteiger charge is -2.17. The number of hydrogen-bond acceptors (Lipinski definition) is 5. The van der Waals surface area contributed by atoms with Gasteiger partial charge >= 0.3 is 5.97 Å². The molecule has 1 aromatic heterocycles. The van der Waals surface area contributed by atoms with Gasteiger partial charge in [0.05, 0.1) is 13.0 Å². The van der Waals surface area contributed by atoms with Gasteiger partial charge in [-0.25, -0.2) is 9.29 Å². The zero-order valence-corrected chi connectivity index (χ0v) is 10.7. The number of carbonyl (C=O) groups excluding carboxylic acids is 1. The second-order valence-electron chi connectivity index (χ2n) is 4.63. The minimum atomic E-state index is -0.464. The van der Waals surface area contributed by atoms with Crippen LogP contribution in [0.25, 0.3) is 0 Å². The standard InChI is InChI=1S/C12H13FN2O2S/c1-17-12(16)11-8-5-15(6-9(8)11)18-7-2-3-10(13)14-4-7/h2-4,8-9,11H,5-6H2,1H3/t8-,9+,11?. The van der Waals surface area contributed by atoms with Gasteiger partial charge in [0, 0.05) is 24.2 Å². The molecule has 1 aromatic rings. The predicted octanol–water partition coefficient (Wildman–Crippen LogP) is 1.58. The summed E-state index contributed by atoms with van der Waals surface area (Å²) in [6.07, 6.45) is 1.53. The first-order valence-electron chi connectivity index (χ1n) is 5.81. The molecule has 4 nitrogen and oxygen atoms in total. The summed E-state index contributed by atoms with van der Waals surface area (Å²) in [5.74, 6) is 0.405. The van der Waals surface area contributed by atoms with E-state index in [1.807, 2.05) is 0 Å². The van der Waals surface area contributed by atoms with E-state index in [2.05, 4.69) is 9.29 Å². The number of nitrogens with zero attached hydrogens (tertiary/aromatic N) is 2. The molecule has 1 saturated heterocycles. The van der Waals surface area contributed by atoms with E-state index < -0.39 is 5.95 Å². The summed E-state index contributed by atoms with van der Waals surface area (Å²) < 4.78 is 19.6. The maximum atomic E-state index is 12.7. The van der Waals surface area contributed by atoms with Gasteiger partial charge in [-0.2, -0.15) is 4.39 Å². The number of carbonyl (C=O) groups is 1. The first kappa shape index (κ1) is 11.9. The van der Waals surface area contributed by atoms with Gasteiger partial charge in [0.1, 0.15) is 0 Å². The number of methoxy groups -OCH3 is 1. The first-order valence-corrected chi connectivity index (χ1v) is 6.58. The molecular formula is C12H13FN2O2S. The molecule has 3 rings (SSSR count). The van der Waals surface area contributed by atoms with Crippen molar-refractivity contribution >= 4 is 17.9 Å². The Labute approximate surface area is 109 Å². The molecule has 18 heavy (non-hydrogen) atoms. The van der Waals surface area contributed by atoms with Crippen molar-refractivity contribution in [3.63, 3.8) is 0 Å². The SMILES string of the molecule is COC(=O)C1[C@H]2CN(Sc3ccc(F)nc3)C[C@@H]12. The number of halogens is 1. The van der Waals surface area contributed by atoms with E-state index in [9.17, 15) is 9.18 Å². The lowest BCUT2D eigenvalue weighted by atomic mass is 10.3. The lowest BCUT2D eigenvalue weighted by Crippen LogP contribution is -2.20. The highest BCUT2D eigenvalue weighted by Crippen LogP contribution is 2.54. The minimum Gasteiger partial charge on any atom is -0.469 e. The van der Waals surface area contributed by atoms with E-state index >= 15 is 0 Å². The monoisotopic (exact) mass is 268 g/mol. The van der Waals surface area contributed by atoms with E-state index in [0.29, 0.717) is 11.8 Å². The molecule has 1 unspecified atom stereocenters. The van der Waals surface area contributed by atoms with E-state index in [-0.39, 0.29) is 11.9 Å². The number of hydrogen-bond donors (Lipinski definition) is 0. The van der Waals surface area contributed by atoms with Gasteiger partial charge in [-0.05, 0) is 35.9 Å². The number of esters is 1. The number of piperidine rings is 1. The Bertz CT molecular complexity index is 456. The van der Waals surface area contributed by atoms with Crippen LogP contribution in [0, 0.1) is 23.7 Å². The Morgan fingerprint density at radius 3 is 2.78 bits per heavy atom. The summed E-state index contributed by atoms with van der Waals surface area (Å²) in [4.78, 5) is 15.9. The quantitative estimate of drug-likeness (QED) is 0.473. The zero-order chi connectivity index (χ0) is 12.7. The van der Waals surface area contributed by atoms with Crippen LogP contribution in [0.15, 0.2) is 23.2 Å². The molecule has 0 aromatic carbocycles. The van der Waals surface area contributed by atoms with Gasteiger partial charge in [-0.15, -0.1) is 0 Å². The van der Waals surface area contributed by atoms with Crippen molar-refractivity contribution in [3.8, 4) is 0 Å². The molecule has 2 heterocycles. The Morgan fingerprint density at radius 2 is 2.22 bits per heavy atom. The topological polar surface area (TPSA) is 42.4 Å². The van der Waals surface area contributed by atoms with Crippen molar-refractivity contribution in [2.75, 3.05) is 20.2 Å². The molecule has 0 radical (unpaired) electrons. The van der Waals surface area contributed by atoms with Crippen molar-refractivity contribution < 1.29 is 13.9 Å². The molecule has 2 aliphatic rings. The molecule has 0 N–H and O–H groups in total. The fourth-order valence-corrected chi connectivity index (χ4v) is 3.63. The lowest BCUT2D eigenvalue weighted by molar-refractivity contribution is -0.143. The number of fused-ring (bicyclic) bond motifs is 1. The van der Waals surface area contributed by atoms with Crippen LogP contribution in [-0.2, 0) is 9.53 Å². The Hall–Kier alpha value is -1.14. The third-order valence-electron chi connectivity index (χ3n) is 3.57. The molecule has 3 atom stereocenters. The van der Waals surface area contributed by atoms with Gasteiger partial charge in [-0.3, -0.25) is 4.79 Å². The van der Waals surface area contributed by atoms with Gasteiger partial charge in [0.2, 0.25) is 5.95 Å². The van der Waals surface area contributed by atoms with Crippen LogP contribution < -0.4 is 0 Å². The summed E-state index contributed by atoms with van der Waals surface area (Å²) in [5.41, 5.74) is 0. The largest absolute Gasteiger partial charge is 0.469 e. The van der Waals surface area contributed by atoms with Crippen molar-refractivity contribution in [1.29, 1.82) is 0 Å². The molecule has 6 heteroatoms. The molecule has 1 aliphatic heterocycles. The van der Waals surface area contributed by atoms with Crippen LogP contribution in [0.1, 0.15) is 0 Å². The minimum absolute atomic E-state index is 0.0851. The fourth-order valence-electron chi connectivity index (χ4n) is 2.61. The zero-order valence-electron chi connectivity index (χ0n) is 9.88. The molecule has 2 fully saturated rings.